The van der Waals surface area contributed by atoms with E-state index in [-0.39, 0.29) is 18.1 Å². The molecule has 7 heteroatoms. The summed E-state index contributed by atoms with van der Waals surface area (Å²) in [5.41, 5.74) is 2.84. The van der Waals surface area contributed by atoms with Crippen LogP contribution in [0.5, 0.6) is 0 Å². The lowest BCUT2D eigenvalue weighted by Gasteiger charge is -2.14. The molecule has 0 saturated heterocycles. The number of benzene rings is 2. The Kier molecular flexibility index (Phi) is 6.96. The molecule has 5 nitrogen and oxygen atoms in total. The van der Waals surface area contributed by atoms with Crippen molar-refractivity contribution >= 4 is 45.7 Å². The second-order valence-electron chi connectivity index (χ2n) is 8.57. The molecule has 4 rings (SSSR count). The van der Waals surface area contributed by atoms with E-state index in [1.54, 1.807) is 23.5 Å². The van der Waals surface area contributed by atoms with Gasteiger partial charge in [-0.2, -0.15) is 0 Å². The number of Topliss-reactive ketones (excluding diaryl/α,β-unsaturated/α-hetero) is 1. The standard InChI is InChI=1S/C26H25ClN2O3S/c1-16(2)12-18(26(31)32)14-24(30)17-9-10-23-21(13-17)28-25(15-19-6-5-11-33-19)29(23)22-8-4-3-7-20(22)27/h3-11,13,16,18H,12,14-15H2,1-2H3,(H,31,32)/t18-/m1/s1. The molecule has 2 aromatic carbocycles. The number of hydrogen-bond donors (Lipinski definition) is 1. The summed E-state index contributed by atoms with van der Waals surface area (Å²) in [5.74, 6) is -0.777. The van der Waals surface area contributed by atoms with Crippen LogP contribution in [-0.2, 0) is 11.2 Å². The summed E-state index contributed by atoms with van der Waals surface area (Å²) in [5, 5.41) is 12.2. The molecule has 2 aromatic heterocycles. The van der Waals surface area contributed by atoms with Gasteiger partial charge in [0.2, 0.25) is 0 Å². The minimum absolute atomic E-state index is 0.0215. The molecule has 0 saturated carbocycles. The van der Waals surface area contributed by atoms with Crippen LogP contribution in [0.15, 0.2) is 60.0 Å². The van der Waals surface area contributed by atoms with Gasteiger partial charge in [-0.05, 0) is 54.1 Å². The number of thiophene rings is 1. The molecule has 4 aromatic rings. The van der Waals surface area contributed by atoms with Crippen molar-refractivity contribution in [3.05, 3.63) is 81.3 Å². The maximum absolute atomic E-state index is 12.9. The number of carbonyl (C=O) groups is 2. The second kappa shape index (κ2) is 9.89. The average molecular weight is 481 g/mol. The van der Waals surface area contributed by atoms with Gasteiger partial charge in [-0.3, -0.25) is 14.2 Å². The van der Waals surface area contributed by atoms with Gasteiger partial charge in [0.05, 0.1) is 27.7 Å². The maximum Gasteiger partial charge on any atom is 0.306 e. The molecule has 1 N–H and O–H groups in total. The van der Waals surface area contributed by atoms with E-state index in [1.807, 2.05) is 60.2 Å². The van der Waals surface area contributed by atoms with Gasteiger partial charge < -0.3 is 5.11 Å². The quantitative estimate of drug-likeness (QED) is 0.272. The number of ketones is 1. The van der Waals surface area contributed by atoms with Crippen LogP contribution in [0.25, 0.3) is 16.7 Å². The van der Waals surface area contributed by atoms with Crippen molar-refractivity contribution in [2.75, 3.05) is 0 Å². The number of hydrogen-bond acceptors (Lipinski definition) is 4. The summed E-state index contributed by atoms with van der Waals surface area (Å²) in [6, 6.07) is 17.1. The molecule has 0 aliphatic heterocycles. The molecule has 33 heavy (non-hydrogen) atoms. The first kappa shape index (κ1) is 23.2. The van der Waals surface area contributed by atoms with E-state index in [2.05, 4.69) is 6.07 Å². The Morgan fingerprint density at radius 3 is 2.58 bits per heavy atom. The highest BCUT2D eigenvalue weighted by atomic mass is 35.5. The number of aromatic nitrogens is 2. The molecule has 0 bridgehead atoms. The Hall–Kier alpha value is -2.96. The van der Waals surface area contributed by atoms with E-state index in [1.165, 1.54) is 4.88 Å². The number of carboxylic acids is 1. The summed E-state index contributed by atoms with van der Waals surface area (Å²) in [6.07, 6.45) is 1.08. The molecule has 0 aliphatic carbocycles. The van der Waals surface area contributed by atoms with Gasteiger partial charge >= 0.3 is 5.97 Å². The fraction of sp³-hybridized carbons (Fsp3) is 0.269. The zero-order valence-corrected chi connectivity index (χ0v) is 20.1. The minimum atomic E-state index is -0.931. The molecule has 0 aliphatic rings. The first-order valence-corrected chi connectivity index (χ1v) is 12.1. The van der Waals surface area contributed by atoms with Crippen LogP contribution in [0.1, 0.15) is 47.7 Å². The monoisotopic (exact) mass is 480 g/mol. The van der Waals surface area contributed by atoms with Crippen molar-refractivity contribution in [1.82, 2.24) is 9.55 Å². The van der Waals surface area contributed by atoms with Crippen molar-refractivity contribution in [3.63, 3.8) is 0 Å². The fourth-order valence-electron chi connectivity index (χ4n) is 4.08. The summed E-state index contributed by atoms with van der Waals surface area (Å²) in [7, 11) is 0. The number of halogens is 1. The van der Waals surface area contributed by atoms with Crippen molar-refractivity contribution in [2.45, 2.75) is 33.1 Å². The lowest BCUT2D eigenvalue weighted by molar-refractivity contribution is -0.142. The van der Waals surface area contributed by atoms with E-state index >= 15 is 0 Å². The predicted molar refractivity (Wildman–Crippen MR) is 133 cm³/mol. The van der Waals surface area contributed by atoms with Crippen molar-refractivity contribution in [3.8, 4) is 5.69 Å². The smallest absolute Gasteiger partial charge is 0.306 e. The van der Waals surface area contributed by atoms with Crippen LogP contribution in [-0.4, -0.2) is 26.4 Å². The van der Waals surface area contributed by atoms with E-state index < -0.39 is 11.9 Å². The molecule has 0 unspecified atom stereocenters. The number of imidazole rings is 1. The molecule has 0 spiro atoms. The van der Waals surface area contributed by atoms with Crippen LogP contribution >= 0.6 is 22.9 Å². The normalized spacial score (nSPS) is 12.4. The molecule has 0 radical (unpaired) electrons. The van der Waals surface area contributed by atoms with Gasteiger partial charge in [0.15, 0.2) is 5.78 Å². The third-order valence-electron chi connectivity index (χ3n) is 5.59. The molecule has 0 fully saturated rings. The van der Waals surface area contributed by atoms with Crippen molar-refractivity contribution in [1.29, 1.82) is 0 Å². The van der Waals surface area contributed by atoms with E-state index in [4.69, 9.17) is 16.6 Å². The first-order chi connectivity index (χ1) is 15.8. The Morgan fingerprint density at radius 2 is 1.91 bits per heavy atom. The topological polar surface area (TPSA) is 72.2 Å². The van der Waals surface area contributed by atoms with Crippen LogP contribution in [0.4, 0.5) is 0 Å². The van der Waals surface area contributed by atoms with E-state index in [0.717, 1.165) is 17.0 Å². The molecular weight excluding hydrogens is 456 g/mol. The third-order valence-corrected chi connectivity index (χ3v) is 6.78. The number of nitrogens with zero attached hydrogens (tertiary/aromatic N) is 2. The SMILES string of the molecule is CC(C)C[C@H](CC(=O)c1ccc2c(c1)nc(Cc1cccs1)n2-c1ccccc1Cl)C(=O)O. The van der Waals surface area contributed by atoms with Gasteiger partial charge in [0.1, 0.15) is 5.82 Å². The number of carboxylic acid groups (broad SMARTS) is 1. The number of aliphatic carboxylic acids is 1. The van der Waals surface area contributed by atoms with Crippen LogP contribution in [0.3, 0.4) is 0 Å². The van der Waals surface area contributed by atoms with Crippen LogP contribution < -0.4 is 0 Å². The van der Waals surface area contributed by atoms with Crippen molar-refractivity contribution in [2.24, 2.45) is 11.8 Å². The number of carbonyl (C=O) groups excluding carboxylic acids is 1. The van der Waals surface area contributed by atoms with Crippen molar-refractivity contribution < 1.29 is 14.7 Å². The largest absolute Gasteiger partial charge is 0.481 e. The number of para-hydroxylation sites is 1. The Balaban J connectivity index is 1.74. The zero-order chi connectivity index (χ0) is 23.5. The molecular formula is C26H25ClN2O3S. The number of rotatable bonds is 9. The van der Waals surface area contributed by atoms with Gasteiger partial charge in [0, 0.05) is 23.3 Å². The first-order valence-electron chi connectivity index (χ1n) is 10.9. The average Bonchev–Trinajstić information content (AvgIpc) is 3.40. The highest BCUT2D eigenvalue weighted by molar-refractivity contribution is 7.09. The van der Waals surface area contributed by atoms with Crippen LogP contribution in [0, 0.1) is 11.8 Å². The fourth-order valence-corrected chi connectivity index (χ4v) is 5.00. The Bertz CT molecular complexity index is 1290. The highest BCUT2D eigenvalue weighted by Gasteiger charge is 2.24. The van der Waals surface area contributed by atoms with Gasteiger partial charge in [-0.25, -0.2) is 4.98 Å². The summed E-state index contributed by atoms with van der Waals surface area (Å²) < 4.78 is 2.03. The third kappa shape index (κ3) is 5.18. The predicted octanol–water partition coefficient (Wildman–Crippen LogP) is 6.65. The summed E-state index contributed by atoms with van der Waals surface area (Å²) >= 11 is 8.19. The minimum Gasteiger partial charge on any atom is -0.481 e. The van der Waals surface area contributed by atoms with Gasteiger partial charge in [0.25, 0.3) is 0 Å². The summed E-state index contributed by atoms with van der Waals surface area (Å²) in [4.78, 5) is 30.6. The molecule has 1 atom stereocenters. The van der Waals surface area contributed by atoms with E-state index in [0.29, 0.717) is 28.9 Å². The zero-order valence-electron chi connectivity index (χ0n) is 18.5. The lowest BCUT2D eigenvalue weighted by Crippen LogP contribution is -2.20. The summed E-state index contributed by atoms with van der Waals surface area (Å²) in [6.45, 7) is 3.92. The Labute approximate surface area is 201 Å². The van der Waals surface area contributed by atoms with E-state index in [9.17, 15) is 14.7 Å². The highest BCUT2D eigenvalue weighted by Crippen LogP contribution is 2.30. The Morgan fingerprint density at radius 1 is 1.12 bits per heavy atom. The van der Waals surface area contributed by atoms with Crippen LogP contribution in [0.2, 0.25) is 5.02 Å². The van der Waals surface area contributed by atoms with Gasteiger partial charge in [-0.15, -0.1) is 11.3 Å². The lowest BCUT2D eigenvalue weighted by atomic mass is 9.90. The maximum atomic E-state index is 12.9. The number of fused-ring (bicyclic) bond motifs is 1. The molecule has 170 valence electrons. The molecule has 2 heterocycles. The molecule has 0 amide bonds. The second-order valence-corrected chi connectivity index (χ2v) is 10.0. The van der Waals surface area contributed by atoms with Gasteiger partial charge in [-0.1, -0.05) is 43.6 Å².